The van der Waals surface area contributed by atoms with Crippen molar-refractivity contribution < 1.29 is 9.59 Å². The van der Waals surface area contributed by atoms with Crippen molar-refractivity contribution in [3.8, 4) is 0 Å². The zero-order valence-electron chi connectivity index (χ0n) is 15.3. The van der Waals surface area contributed by atoms with Crippen LogP contribution in [0.2, 0.25) is 5.02 Å². The van der Waals surface area contributed by atoms with E-state index in [9.17, 15) is 9.59 Å². The molecular weight excluding hydrogens is 387 g/mol. The summed E-state index contributed by atoms with van der Waals surface area (Å²) < 4.78 is 0. The number of benzene rings is 1. The molecule has 0 bridgehead atoms. The zero-order chi connectivity index (χ0) is 18.1. The standard InChI is InChI=1S/C19H25ClN4O2.ClH/c20-15-1-3-16(4-2-15)24-12-14(11-18(24)25)19(26)23-8-5-17(13-23)22-9-6-21-7-10-22;/h1-4,14,17,21H,5-13H2;1H. The van der Waals surface area contributed by atoms with Gasteiger partial charge in [-0.1, -0.05) is 11.6 Å². The first kappa shape index (κ1) is 20.4. The summed E-state index contributed by atoms with van der Waals surface area (Å²) in [4.78, 5) is 31.5. The summed E-state index contributed by atoms with van der Waals surface area (Å²) in [6.45, 7) is 6.23. The van der Waals surface area contributed by atoms with Gasteiger partial charge in [-0.05, 0) is 30.7 Å². The number of likely N-dealkylation sites (tertiary alicyclic amines) is 1. The van der Waals surface area contributed by atoms with Crippen LogP contribution in [0.1, 0.15) is 12.8 Å². The van der Waals surface area contributed by atoms with Crippen LogP contribution in [0.25, 0.3) is 0 Å². The maximum absolute atomic E-state index is 12.9. The van der Waals surface area contributed by atoms with Crippen molar-refractivity contribution in [2.75, 3.05) is 50.7 Å². The lowest BCUT2D eigenvalue weighted by molar-refractivity contribution is -0.135. The Morgan fingerprint density at radius 1 is 1.07 bits per heavy atom. The maximum Gasteiger partial charge on any atom is 0.228 e. The Hall–Kier alpha value is -1.34. The number of hydrogen-bond acceptors (Lipinski definition) is 4. The first-order valence-electron chi connectivity index (χ1n) is 9.41. The highest BCUT2D eigenvalue weighted by molar-refractivity contribution is 6.30. The fraction of sp³-hybridized carbons (Fsp3) is 0.579. The van der Waals surface area contributed by atoms with Crippen LogP contribution >= 0.6 is 24.0 Å². The van der Waals surface area contributed by atoms with Crippen molar-refractivity contribution in [1.29, 1.82) is 0 Å². The van der Waals surface area contributed by atoms with Gasteiger partial charge in [0.05, 0.1) is 5.92 Å². The minimum atomic E-state index is -0.236. The smallest absolute Gasteiger partial charge is 0.228 e. The van der Waals surface area contributed by atoms with Crippen LogP contribution in [0.4, 0.5) is 5.69 Å². The van der Waals surface area contributed by atoms with Crippen molar-refractivity contribution >= 4 is 41.5 Å². The van der Waals surface area contributed by atoms with Gasteiger partial charge in [0.1, 0.15) is 0 Å². The molecule has 3 fully saturated rings. The molecule has 6 nitrogen and oxygen atoms in total. The van der Waals surface area contributed by atoms with E-state index in [1.54, 1.807) is 17.0 Å². The average Bonchev–Trinajstić information content (AvgIpc) is 3.30. The summed E-state index contributed by atoms with van der Waals surface area (Å²) in [5.41, 5.74) is 0.815. The highest BCUT2D eigenvalue weighted by atomic mass is 35.5. The number of hydrogen-bond donors (Lipinski definition) is 1. The van der Waals surface area contributed by atoms with Crippen LogP contribution in [0.5, 0.6) is 0 Å². The summed E-state index contributed by atoms with van der Waals surface area (Å²) >= 11 is 5.93. The zero-order valence-corrected chi connectivity index (χ0v) is 16.8. The number of nitrogens with zero attached hydrogens (tertiary/aromatic N) is 3. The third kappa shape index (κ3) is 4.40. The third-order valence-corrected chi connectivity index (χ3v) is 6.01. The molecular formula is C19H26Cl2N4O2. The van der Waals surface area contributed by atoms with Crippen LogP contribution in [0, 0.1) is 5.92 Å². The van der Waals surface area contributed by atoms with Crippen LogP contribution < -0.4 is 10.2 Å². The van der Waals surface area contributed by atoms with Crippen LogP contribution in [0.3, 0.4) is 0 Å². The van der Waals surface area contributed by atoms with E-state index in [4.69, 9.17) is 11.6 Å². The van der Waals surface area contributed by atoms with E-state index in [2.05, 4.69) is 10.2 Å². The van der Waals surface area contributed by atoms with Crippen molar-refractivity contribution in [2.45, 2.75) is 18.9 Å². The summed E-state index contributed by atoms with van der Waals surface area (Å²) in [6, 6.07) is 7.69. The van der Waals surface area contributed by atoms with Crippen LogP contribution in [-0.4, -0.2) is 73.5 Å². The van der Waals surface area contributed by atoms with Gasteiger partial charge in [-0.2, -0.15) is 0 Å². The van der Waals surface area contributed by atoms with E-state index in [-0.39, 0.29) is 30.1 Å². The Bertz CT molecular complexity index is 679. The number of anilines is 1. The highest BCUT2D eigenvalue weighted by Crippen LogP contribution is 2.28. The van der Waals surface area contributed by atoms with Gasteiger partial charge in [0.15, 0.2) is 0 Å². The molecule has 1 aromatic rings. The molecule has 3 aliphatic heterocycles. The number of amides is 2. The summed E-state index contributed by atoms with van der Waals surface area (Å²) in [7, 11) is 0. The number of nitrogens with one attached hydrogen (secondary N) is 1. The largest absolute Gasteiger partial charge is 0.341 e. The number of piperazine rings is 1. The first-order chi connectivity index (χ1) is 12.6. The van der Waals surface area contributed by atoms with Crippen molar-refractivity contribution in [3.63, 3.8) is 0 Å². The Balaban J connectivity index is 0.00000210. The number of rotatable bonds is 3. The second-order valence-electron chi connectivity index (χ2n) is 7.39. The van der Waals surface area contributed by atoms with E-state index in [1.165, 1.54) is 0 Å². The fourth-order valence-corrected chi connectivity index (χ4v) is 4.42. The van der Waals surface area contributed by atoms with Crippen LogP contribution in [0.15, 0.2) is 24.3 Å². The van der Waals surface area contributed by atoms with Gasteiger partial charge in [-0.3, -0.25) is 14.5 Å². The molecule has 2 amide bonds. The second-order valence-corrected chi connectivity index (χ2v) is 7.83. The predicted molar refractivity (Wildman–Crippen MR) is 109 cm³/mol. The van der Waals surface area contributed by atoms with E-state index in [0.717, 1.165) is 51.4 Å². The summed E-state index contributed by atoms with van der Waals surface area (Å²) in [5, 5.41) is 4.01. The van der Waals surface area contributed by atoms with Gasteiger partial charge in [0.2, 0.25) is 11.8 Å². The SMILES string of the molecule is Cl.O=C(C1CC(=O)N(c2ccc(Cl)cc2)C1)N1CCC(N2CCNCC2)C1. The molecule has 2 atom stereocenters. The molecule has 3 aliphatic rings. The molecule has 0 aromatic heterocycles. The molecule has 4 rings (SSSR count). The van der Waals surface area contributed by atoms with E-state index in [0.29, 0.717) is 24.0 Å². The lowest BCUT2D eigenvalue weighted by atomic mass is 10.1. The first-order valence-corrected chi connectivity index (χ1v) is 9.79. The molecule has 27 heavy (non-hydrogen) atoms. The molecule has 0 spiro atoms. The van der Waals surface area contributed by atoms with Gasteiger partial charge >= 0.3 is 0 Å². The Labute approximate surface area is 171 Å². The van der Waals surface area contributed by atoms with Crippen molar-refractivity contribution in [2.24, 2.45) is 5.92 Å². The number of carbonyl (C=O) groups excluding carboxylic acids is 2. The van der Waals surface area contributed by atoms with Gasteiger partial charge in [-0.25, -0.2) is 0 Å². The molecule has 1 N–H and O–H groups in total. The van der Waals surface area contributed by atoms with Gasteiger partial charge < -0.3 is 15.1 Å². The Morgan fingerprint density at radius 2 is 1.78 bits per heavy atom. The molecule has 148 valence electrons. The predicted octanol–water partition coefficient (Wildman–Crippen LogP) is 1.62. The van der Waals surface area contributed by atoms with Crippen molar-refractivity contribution in [1.82, 2.24) is 15.1 Å². The van der Waals surface area contributed by atoms with Gasteiger partial charge in [0, 0.05) is 69.0 Å². The molecule has 3 saturated heterocycles. The molecule has 8 heteroatoms. The normalized spacial score (nSPS) is 26.3. The molecule has 1 aromatic carbocycles. The third-order valence-electron chi connectivity index (χ3n) is 5.76. The monoisotopic (exact) mass is 412 g/mol. The quantitative estimate of drug-likeness (QED) is 0.819. The summed E-state index contributed by atoms with van der Waals surface area (Å²) in [6.07, 6.45) is 1.34. The number of carbonyl (C=O) groups is 2. The minimum absolute atomic E-state index is 0. The van der Waals surface area contributed by atoms with Crippen LogP contribution in [-0.2, 0) is 9.59 Å². The lowest BCUT2D eigenvalue weighted by Crippen LogP contribution is -2.49. The number of halogens is 2. The fourth-order valence-electron chi connectivity index (χ4n) is 4.29. The van der Waals surface area contributed by atoms with E-state index < -0.39 is 0 Å². The van der Waals surface area contributed by atoms with Gasteiger partial charge in [0.25, 0.3) is 0 Å². The molecule has 0 radical (unpaired) electrons. The average molecular weight is 413 g/mol. The van der Waals surface area contributed by atoms with Crippen molar-refractivity contribution in [3.05, 3.63) is 29.3 Å². The maximum atomic E-state index is 12.9. The lowest BCUT2D eigenvalue weighted by Gasteiger charge is -2.32. The molecule has 3 heterocycles. The van der Waals surface area contributed by atoms with Gasteiger partial charge in [-0.15, -0.1) is 12.4 Å². The molecule has 0 aliphatic carbocycles. The highest BCUT2D eigenvalue weighted by Gasteiger charge is 2.40. The molecule has 2 unspecified atom stereocenters. The van der Waals surface area contributed by atoms with E-state index in [1.807, 2.05) is 17.0 Å². The Kier molecular flexibility index (Phi) is 6.63. The molecule has 0 saturated carbocycles. The topological polar surface area (TPSA) is 55.9 Å². The Morgan fingerprint density at radius 3 is 2.48 bits per heavy atom. The van der Waals surface area contributed by atoms with E-state index >= 15 is 0 Å². The second kappa shape index (κ2) is 8.78. The minimum Gasteiger partial charge on any atom is -0.341 e. The summed E-state index contributed by atoms with van der Waals surface area (Å²) in [5.74, 6) is -0.0871.